The highest BCUT2D eigenvalue weighted by atomic mass is 35.5. The number of nitrogens with zero attached hydrogens (tertiary/aromatic N) is 3. The van der Waals surface area contributed by atoms with Crippen LogP contribution in [0.4, 0.5) is 0 Å². The lowest BCUT2D eigenvalue weighted by molar-refractivity contribution is 0.659. The number of aromatic nitrogens is 3. The maximum atomic E-state index is 12.7. The van der Waals surface area contributed by atoms with Gasteiger partial charge >= 0.3 is 0 Å². The zero-order valence-electron chi connectivity index (χ0n) is 11.2. The van der Waals surface area contributed by atoms with E-state index in [4.69, 9.17) is 16.0 Å². The van der Waals surface area contributed by atoms with Crippen LogP contribution in [0.15, 0.2) is 58.4 Å². The molecule has 0 spiro atoms. The van der Waals surface area contributed by atoms with E-state index in [0.717, 1.165) is 11.1 Å². The van der Waals surface area contributed by atoms with E-state index < -0.39 is 0 Å². The molecule has 0 saturated heterocycles. The fraction of sp³-hybridized carbons (Fsp3) is 0. The molecule has 3 heterocycles. The Kier molecular flexibility index (Phi) is 2.87. The molecule has 22 heavy (non-hydrogen) atoms. The predicted molar refractivity (Wildman–Crippen MR) is 83.8 cm³/mol. The Labute approximate surface area is 129 Å². The van der Waals surface area contributed by atoms with Crippen molar-refractivity contribution in [2.45, 2.75) is 0 Å². The van der Waals surface area contributed by atoms with Crippen molar-refractivity contribution in [3.8, 4) is 11.1 Å². The first-order chi connectivity index (χ1) is 10.7. The quantitative estimate of drug-likeness (QED) is 0.398. The van der Waals surface area contributed by atoms with Crippen LogP contribution >= 0.6 is 11.6 Å². The van der Waals surface area contributed by atoms with Gasteiger partial charge in [-0.05, 0) is 17.7 Å². The van der Waals surface area contributed by atoms with Crippen LogP contribution in [0.1, 0.15) is 0 Å². The average molecular weight is 310 g/mol. The molecule has 0 unspecified atom stereocenters. The molecule has 4 aromatic rings. The van der Waals surface area contributed by atoms with E-state index in [1.54, 1.807) is 30.6 Å². The highest BCUT2D eigenvalue weighted by Crippen LogP contribution is 2.26. The van der Waals surface area contributed by atoms with Crippen LogP contribution in [0.5, 0.6) is 0 Å². The average Bonchev–Trinajstić information content (AvgIpc) is 2.55. The van der Waals surface area contributed by atoms with Gasteiger partial charge in [0.1, 0.15) is 28.0 Å². The molecule has 0 aliphatic heterocycles. The largest absolute Gasteiger partial charge is 0.456 e. The predicted octanol–water partition coefficient (Wildman–Crippen LogP) is 3.45. The van der Waals surface area contributed by atoms with Crippen LogP contribution in [0.3, 0.4) is 0 Å². The van der Waals surface area contributed by atoms with Gasteiger partial charge in [-0.2, -0.15) is 0 Å². The molecule has 0 atom stereocenters. The normalized spacial score (nSPS) is 11.1. The lowest BCUT2D eigenvalue weighted by atomic mass is 10.1. The zero-order chi connectivity index (χ0) is 15.1. The topological polar surface area (TPSA) is 68.9 Å². The minimum Gasteiger partial charge on any atom is -0.456 e. The van der Waals surface area contributed by atoms with Crippen molar-refractivity contribution < 1.29 is 4.42 Å². The highest BCUT2D eigenvalue weighted by molar-refractivity contribution is 6.34. The van der Waals surface area contributed by atoms with Crippen molar-refractivity contribution in [3.05, 3.63) is 64.6 Å². The summed E-state index contributed by atoms with van der Waals surface area (Å²) in [5.74, 6) is 0. The van der Waals surface area contributed by atoms with Crippen molar-refractivity contribution in [2.75, 3.05) is 0 Å². The maximum absolute atomic E-state index is 12.7. The maximum Gasteiger partial charge on any atom is 0.203 e. The number of pyridine rings is 1. The van der Waals surface area contributed by atoms with E-state index in [-0.39, 0.29) is 16.0 Å². The molecule has 0 amide bonds. The van der Waals surface area contributed by atoms with Gasteiger partial charge in [-0.3, -0.25) is 4.79 Å². The number of hydrogen-bond acceptors (Lipinski definition) is 5. The summed E-state index contributed by atoms with van der Waals surface area (Å²) < 4.78 is 5.74. The number of rotatable bonds is 1. The van der Waals surface area contributed by atoms with E-state index in [9.17, 15) is 4.79 Å². The lowest BCUT2D eigenvalue weighted by Crippen LogP contribution is -2.03. The van der Waals surface area contributed by atoms with Gasteiger partial charge < -0.3 is 4.42 Å². The minimum absolute atomic E-state index is 0.140. The van der Waals surface area contributed by atoms with Gasteiger partial charge in [-0.15, -0.1) is 0 Å². The second kappa shape index (κ2) is 4.89. The Balaban J connectivity index is 2.08. The number of fused-ring (bicyclic) bond motifs is 2. The molecule has 0 bridgehead atoms. The van der Waals surface area contributed by atoms with Crippen LogP contribution in [-0.4, -0.2) is 15.0 Å². The van der Waals surface area contributed by atoms with Gasteiger partial charge in [0.2, 0.25) is 5.43 Å². The Morgan fingerprint density at radius 2 is 1.82 bits per heavy atom. The lowest BCUT2D eigenvalue weighted by Gasteiger charge is -2.05. The van der Waals surface area contributed by atoms with Crippen molar-refractivity contribution in [2.24, 2.45) is 0 Å². The van der Waals surface area contributed by atoms with Crippen molar-refractivity contribution in [1.82, 2.24) is 15.0 Å². The standard InChI is InChI=1S/C16H8ClN3O2/c17-16-14-13(3-4-20-16)22-12-2-1-9(5-11(12)15(14)21)10-6-18-8-19-7-10/h1-8H. The highest BCUT2D eigenvalue weighted by Gasteiger charge is 2.12. The van der Waals surface area contributed by atoms with Gasteiger partial charge in [-0.25, -0.2) is 15.0 Å². The van der Waals surface area contributed by atoms with E-state index in [2.05, 4.69) is 15.0 Å². The van der Waals surface area contributed by atoms with E-state index in [1.165, 1.54) is 12.5 Å². The summed E-state index contributed by atoms with van der Waals surface area (Å²) in [7, 11) is 0. The smallest absolute Gasteiger partial charge is 0.203 e. The summed E-state index contributed by atoms with van der Waals surface area (Å²) in [6, 6.07) is 7.00. The second-order valence-electron chi connectivity index (χ2n) is 4.74. The molecule has 0 N–H and O–H groups in total. The van der Waals surface area contributed by atoms with Gasteiger partial charge in [-0.1, -0.05) is 17.7 Å². The van der Waals surface area contributed by atoms with Crippen LogP contribution < -0.4 is 5.43 Å². The summed E-state index contributed by atoms with van der Waals surface area (Å²) >= 11 is 6.03. The first-order valence-electron chi connectivity index (χ1n) is 6.50. The third kappa shape index (κ3) is 1.95. The molecule has 3 aromatic heterocycles. The Bertz CT molecular complexity index is 1060. The molecule has 0 aliphatic rings. The SMILES string of the molecule is O=c1c2cc(-c3cncnc3)ccc2oc2ccnc(Cl)c12. The summed E-state index contributed by atoms with van der Waals surface area (Å²) in [6.45, 7) is 0. The second-order valence-corrected chi connectivity index (χ2v) is 5.10. The molecule has 5 nitrogen and oxygen atoms in total. The van der Waals surface area contributed by atoms with Crippen LogP contribution in [0.2, 0.25) is 5.15 Å². The van der Waals surface area contributed by atoms with Gasteiger partial charge in [0.25, 0.3) is 0 Å². The summed E-state index contributed by atoms with van der Waals surface area (Å²) in [4.78, 5) is 24.6. The molecule has 1 aromatic carbocycles. The van der Waals surface area contributed by atoms with Crippen LogP contribution in [0.25, 0.3) is 33.1 Å². The van der Waals surface area contributed by atoms with Gasteiger partial charge in [0.15, 0.2) is 0 Å². The number of hydrogen-bond donors (Lipinski definition) is 0. The van der Waals surface area contributed by atoms with Crippen LogP contribution in [0, 0.1) is 0 Å². The molecular weight excluding hydrogens is 302 g/mol. The first kappa shape index (κ1) is 12.9. The molecule has 0 fully saturated rings. The van der Waals surface area contributed by atoms with E-state index in [0.29, 0.717) is 16.6 Å². The molecule has 0 saturated carbocycles. The summed E-state index contributed by atoms with van der Waals surface area (Å²) in [5, 5.41) is 0.878. The molecule has 4 rings (SSSR count). The molecule has 6 heteroatoms. The Morgan fingerprint density at radius 3 is 2.64 bits per heavy atom. The number of halogens is 1. The van der Waals surface area contributed by atoms with E-state index >= 15 is 0 Å². The zero-order valence-corrected chi connectivity index (χ0v) is 11.9. The first-order valence-corrected chi connectivity index (χ1v) is 6.88. The monoisotopic (exact) mass is 309 g/mol. The minimum atomic E-state index is -0.201. The molecule has 0 aliphatic carbocycles. The number of benzene rings is 1. The molecule has 106 valence electrons. The fourth-order valence-corrected chi connectivity index (χ4v) is 2.62. The van der Waals surface area contributed by atoms with Crippen molar-refractivity contribution >= 4 is 33.5 Å². The van der Waals surface area contributed by atoms with Crippen molar-refractivity contribution in [3.63, 3.8) is 0 Å². The molecule has 0 radical (unpaired) electrons. The van der Waals surface area contributed by atoms with E-state index in [1.807, 2.05) is 6.07 Å². The third-order valence-corrected chi connectivity index (χ3v) is 3.72. The summed E-state index contributed by atoms with van der Waals surface area (Å²) in [6.07, 6.45) is 6.34. The van der Waals surface area contributed by atoms with Gasteiger partial charge in [0.05, 0.1) is 5.39 Å². The third-order valence-electron chi connectivity index (χ3n) is 3.43. The van der Waals surface area contributed by atoms with Gasteiger partial charge in [0, 0.05) is 30.2 Å². The fourth-order valence-electron chi connectivity index (χ4n) is 2.39. The molecular formula is C16H8ClN3O2. The van der Waals surface area contributed by atoms with Crippen LogP contribution in [-0.2, 0) is 0 Å². The Hall–Kier alpha value is -2.79. The van der Waals surface area contributed by atoms with Crippen molar-refractivity contribution in [1.29, 1.82) is 0 Å². The summed E-state index contributed by atoms with van der Waals surface area (Å²) in [5.41, 5.74) is 2.38. The Morgan fingerprint density at radius 1 is 1.00 bits per heavy atom.